The molecule has 0 bridgehead atoms. The number of imide groups is 1. The molecule has 0 atom stereocenters. The van der Waals surface area contributed by atoms with Crippen LogP contribution in [0.4, 0.5) is 9.59 Å². The molecule has 0 heterocycles. The van der Waals surface area contributed by atoms with Gasteiger partial charge in [0.25, 0.3) is 0 Å². The summed E-state index contributed by atoms with van der Waals surface area (Å²) in [7, 11) is 1.15. The summed E-state index contributed by atoms with van der Waals surface area (Å²) in [5.74, 6) is -1.80. The van der Waals surface area contributed by atoms with E-state index >= 15 is 0 Å². The van der Waals surface area contributed by atoms with Crippen LogP contribution in [-0.2, 0) is 19.1 Å². The van der Waals surface area contributed by atoms with Gasteiger partial charge in [-0.25, -0.2) is 24.5 Å². The second-order valence-corrected chi connectivity index (χ2v) is 3.41. The predicted octanol–water partition coefficient (Wildman–Crippen LogP) is 0.478. The van der Waals surface area contributed by atoms with Crippen LogP contribution >= 0.6 is 0 Å². The van der Waals surface area contributed by atoms with E-state index in [1.54, 1.807) is 5.32 Å². The van der Waals surface area contributed by atoms with Crippen molar-refractivity contribution in [3.63, 3.8) is 0 Å². The number of rotatable bonds is 4. The van der Waals surface area contributed by atoms with Crippen LogP contribution in [0.1, 0.15) is 20.3 Å². The number of hydrogen-bond donors (Lipinski definition) is 2. The van der Waals surface area contributed by atoms with Gasteiger partial charge in [0.05, 0.1) is 7.11 Å². The average molecular weight is 272 g/mol. The van der Waals surface area contributed by atoms with Gasteiger partial charge in [-0.3, -0.25) is 0 Å². The summed E-state index contributed by atoms with van der Waals surface area (Å²) in [4.78, 5) is 44.3. The van der Waals surface area contributed by atoms with Crippen molar-refractivity contribution in [2.24, 2.45) is 0 Å². The Labute approximate surface area is 110 Å². The molecule has 0 saturated heterocycles. The smallest absolute Gasteiger partial charge is 0.423 e. The van der Waals surface area contributed by atoms with E-state index in [0.29, 0.717) is 13.0 Å². The zero-order chi connectivity index (χ0) is 14.8. The summed E-state index contributed by atoms with van der Waals surface area (Å²) in [5, 5.41) is 4.14. The molecule has 2 N–H and O–H groups in total. The predicted molar refractivity (Wildman–Crippen MR) is 64.1 cm³/mol. The average Bonchev–Trinajstić information content (AvgIpc) is 2.34. The van der Waals surface area contributed by atoms with Crippen LogP contribution in [0.25, 0.3) is 0 Å². The topological polar surface area (TPSA) is 111 Å². The molecule has 8 heteroatoms. The Hall–Kier alpha value is -2.38. The molecular weight excluding hydrogens is 256 g/mol. The lowest BCUT2D eigenvalue weighted by atomic mass is 10.3. The quantitative estimate of drug-likeness (QED) is 0.437. The van der Waals surface area contributed by atoms with Crippen LogP contribution < -0.4 is 10.6 Å². The molecule has 0 rings (SSSR count). The van der Waals surface area contributed by atoms with Gasteiger partial charge in [0.15, 0.2) is 0 Å². The van der Waals surface area contributed by atoms with E-state index in [0.717, 1.165) is 13.2 Å². The maximum absolute atomic E-state index is 11.2. The van der Waals surface area contributed by atoms with Crippen molar-refractivity contribution < 1.29 is 28.7 Å². The highest BCUT2D eigenvalue weighted by molar-refractivity contribution is 6.01. The molecule has 8 nitrogen and oxygen atoms in total. The van der Waals surface area contributed by atoms with E-state index in [9.17, 15) is 19.2 Å². The van der Waals surface area contributed by atoms with Gasteiger partial charge in [-0.15, -0.1) is 0 Å². The minimum atomic E-state index is -1.23. The summed E-state index contributed by atoms with van der Waals surface area (Å²) < 4.78 is 8.58. The van der Waals surface area contributed by atoms with Crippen LogP contribution in [0.2, 0.25) is 0 Å². The molecule has 0 aliphatic carbocycles. The monoisotopic (exact) mass is 272 g/mol. The molecule has 0 unspecified atom stereocenters. The third-order valence-electron chi connectivity index (χ3n) is 1.79. The molecular formula is C11H16N2O6. The van der Waals surface area contributed by atoms with Gasteiger partial charge in [-0.05, 0) is 13.3 Å². The lowest BCUT2D eigenvalue weighted by Gasteiger charge is -2.04. The normalized spacial score (nSPS) is 10.4. The maximum Gasteiger partial charge on any atom is 0.423 e. The molecule has 0 aliphatic rings. The first-order valence-corrected chi connectivity index (χ1v) is 5.48. The summed E-state index contributed by atoms with van der Waals surface area (Å²) in [6.45, 7) is 3.54. The Morgan fingerprint density at radius 1 is 1.21 bits per heavy atom. The number of amides is 3. The number of carbonyl (C=O) groups excluding carboxylic acids is 4. The van der Waals surface area contributed by atoms with Crippen LogP contribution in [0.15, 0.2) is 11.6 Å². The highest BCUT2D eigenvalue weighted by Crippen LogP contribution is 1.96. The van der Waals surface area contributed by atoms with Crippen LogP contribution in [0.3, 0.4) is 0 Å². The van der Waals surface area contributed by atoms with Gasteiger partial charge < -0.3 is 14.8 Å². The lowest BCUT2D eigenvalue weighted by molar-refractivity contribution is -0.137. The fourth-order valence-corrected chi connectivity index (χ4v) is 0.918. The summed E-state index contributed by atoms with van der Waals surface area (Å²) in [5.41, 5.74) is -0.0317. The van der Waals surface area contributed by atoms with Gasteiger partial charge in [0.2, 0.25) is 0 Å². The number of carbonyl (C=O) groups is 4. The molecule has 106 valence electrons. The minimum Gasteiger partial charge on any atom is -0.466 e. The molecule has 0 aliphatic heterocycles. The van der Waals surface area contributed by atoms with Crippen molar-refractivity contribution in [2.45, 2.75) is 20.3 Å². The van der Waals surface area contributed by atoms with Gasteiger partial charge >= 0.3 is 24.1 Å². The van der Waals surface area contributed by atoms with Crippen molar-refractivity contribution in [3.05, 3.63) is 11.6 Å². The third-order valence-corrected chi connectivity index (χ3v) is 1.79. The molecule has 0 aromatic rings. The maximum atomic E-state index is 11.2. The fraction of sp³-hybridized carbons (Fsp3) is 0.455. The molecule has 3 amide bonds. The number of nitrogens with one attached hydrogen (secondary N) is 2. The first kappa shape index (κ1) is 16.6. The molecule has 0 fully saturated rings. The Balaban J connectivity index is 4.23. The van der Waals surface area contributed by atoms with Crippen molar-refractivity contribution in [1.29, 1.82) is 0 Å². The van der Waals surface area contributed by atoms with E-state index in [2.05, 4.69) is 14.8 Å². The molecule has 0 aromatic carbocycles. The Bertz CT molecular complexity index is 402. The highest BCUT2D eigenvalue weighted by Gasteiger charge is 2.13. The van der Waals surface area contributed by atoms with Crippen LogP contribution in [0, 0.1) is 0 Å². The molecule has 0 saturated carbocycles. The molecule has 0 aromatic heterocycles. The first-order chi connectivity index (χ1) is 8.90. The second kappa shape index (κ2) is 8.67. The van der Waals surface area contributed by atoms with E-state index in [1.807, 2.05) is 6.92 Å². The SMILES string of the molecule is CCCNC(=O)NC(=O)OC(=O)C=C(C)C(=O)OC. The first-order valence-electron chi connectivity index (χ1n) is 5.48. The minimum absolute atomic E-state index is 0.0317. The third kappa shape index (κ3) is 7.53. The Morgan fingerprint density at radius 2 is 1.84 bits per heavy atom. The van der Waals surface area contributed by atoms with Crippen molar-refractivity contribution in [3.8, 4) is 0 Å². The second-order valence-electron chi connectivity index (χ2n) is 3.41. The lowest BCUT2D eigenvalue weighted by Crippen LogP contribution is -2.40. The summed E-state index contributed by atoms with van der Waals surface area (Å²) in [6, 6.07) is -0.770. The molecule has 19 heavy (non-hydrogen) atoms. The highest BCUT2D eigenvalue weighted by atomic mass is 16.6. The van der Waals surface area contributed by atoms with Crippen LogP contribution in [0.5, 0.6) is 0 Å². The zero-order valence-electron chi connectivity index (χ0n) is 10.9. The number of ether oxygens (including phenoxy) is 2. The Kier molecular flexibility index (Phi) is 7.59. The number of urea groups is 1. The van der Waals surface area contributed by atoms with E-state index < -0.39 is 24.1 Å². The number of esters is 2. The van der Waals surface area contributed by atoms with Crippen molar-refractivity contribution in [2.75, 3.05) is 13.7 Å². The molecule has 0 radical (unpaired) electrons. The summed E-state index contributed by atoms with van der Waals surface area (Å²) >= 11 is 0. The van der Waals surface area contributed by atoms with E-state index in [4.69, 9.17) is 0 Å². The van der Waals surface area contributed by atoms with Crippen molar-refractivity contribution >= 4 is 24.1 Å². The van der Waals surface area contributed by atoms with Crippen LogP contribution in [-0.4, -0.2) is 37.7 Å². The van der Waals surface area contributed by atoms with Gasteiger partial charge in [0.1, 0.15) is 0 Å². The van der Waals surface area contributed by atoms with Gasteiger partial charge in [-0.2, -0.15) is 0 Å². The standard InChI is InChI=1S/C11H16N2O6/c1-4-5-12-10(16)13-11(17)19-8(14)6-7(2)9(15)18-3/h6H,4-5H2,1-3H3,(H2,12,13,16,17). The van der Waals surface area contributed by atoms with Crippen molar-refractivity contribution in [1.82, 2.24) is 10.6 Å². The number of hydrogen-bond acceptors (Lipinski definition) is 6. The van der Waals surface area contributed by atoms with E-state index in [-0.39, 0.29) is 5.57 Å². The zero-order valence-corrected chi connectivity index (χ0v) is 10.9. The summed E-state index contributed by atoms with van der Waals surface area (Å²) in [6.07, 6.45) is 0.255. The Morgan fingerprint density at radius 3 is 2.37 bits per heavy atom. The number of methoxy groups -OCH3 is 1. The largest absolute Gasteiger partial charge is 0.466 e. The molecule has 0 spiro atoms. The fourth-order valence-electron chi connectivity index (χ4n) is 0.918. The van der Waals surface area contributed by atoms with E-state index in [1.165, 1.54) is 6.92 Å². The van der Waals surface area contributed by atoms with Gasteiger partial charge in [0, 0.05) is 18.2 Å². The number of alkyl carbamates (subject to hydrolysis) is 1. The van der Waals surface area contributed by atoms with Gasteiger partial charge in [-0.1, -0.05) is 6.92 Å².